The molecule has 2 N–H and O–H groups in total. The molecule has 1 atom stereocenters. The van der Waals surface area contributed by atoms with E-state index >= 15 is 0 Å². The van der Waals surface area contributed by atoms with E-state index in [0.29, 0.717) is 74.0 Å². The van der Waals surface area contributed by atoms with E-state index in [-0.39, 0.29) is 42.5 Å². The summed E-state index contributed by atoms with van der Waals surface area (Å²) in [5.41, 5.74) is 0.622. The van der Waals surface area contributed by atoms with Gasteiger partial charge in [0.1, 0.15) is 5.76 Å². The van der Waals surface area contributed by atoms with Crippen LogP contribution in [0.5, 0.6) is 0 Å². The van der Waals surface area contributed by atoms with Gasteiger partial charge in [-0.25, -0.2) is 13.8 Å². The highest BCUT2D eigenvalue weighted by atomic mass is 35.5. The molecular weight excluding hydrogens is 504 g/mol. The number of hydrogen-bond acceptors (Lipinski definition) is 6. The van der Waals surface area contributed by atoms with Crippen LogP contribution < -0.4 is 10.6 Å². The number of rotatable bonds is 8. The Hall–Kier alpha value is -2.72. The Kier molecular flexibility index (Phi) is 6.68. The number of carbonyl (C=O) groups is 2. The molecular formula is C26H32ClF2N5O3. The number of nitrogens with zero attached hydrogens (tertiary/aromatic N) is 3. The second-order valence-electron chi connectivity index (χ2n) is 10.2. The minimum Gasteiger partial charge on any atom is -0.447 e. The summed E-state index contributed by atoms with van der Waals surface area (Å²) in [7, 11) is 0. The summed E-state index contributed by atoms with van der Waals surface area (Å²) in [6.07, 6.45) is 3.85. The van der Waals surface area contributed by atoms with Crippen molar-refractivity contribution in [3.63, 3.8) is 0 Å². The van der Waals surface area contributed by atoms with Crippen LogP contribution in [-0.4, -0.2) is 65.2 Å². The molecule has 1 spiro atoms. The van der Waals surface area contributed by atoms with Gasteiger partial charge in [0.2, 0.25) is 17.7 Å². The van der Waals surface area contributed by atoms with Crippen LogP contribution in [0.4, 0.5) is 14.5 Å². The molecule has 37 heavy (non-hydrogen) atoms. The van der Waals surface area contributed by atoms with E-state index in [1.165, 1.54) is 6.39 Å². The molecule has 11 heteroatoms. The van der Waals surface area contributed by atoms with Crippen LogP contribution in [0.2, 0.25) is 5.02 Å². The van der Waals surface area contributed by atoms with Gasteiger partial charge in [-0.2, -0.15) is 0 Å². The number of oxazole rings is 1. The Morgan fingerprint density at radius 2 is 1.95 bits per heavy atom. The predicted octanol–water partition coefficient (Wildman–Crippen LogP) is 3.92. The Labute approximate surface area is 222 Å². The first-order chi connectivity index (χ1) is 18.5. The fourth-order valence-electron chi connectivity index (χ4n) is 5.30. The third kappa shape index (κ3) is 6.23. The van der Waals surface area contributed by atoms with Crippen LogP contribution in [0.15, 0.2) is 35.2 Å². The second kappa shape index (κ2) is 10.6. The lowest BCUT2D eigenvalue weighted by Crippen LogP contribution is -2.51. The first-order valence-corrected chi connectivity index (χ1v) is 13.0. The fraction of sp³-hybridized carbons (Fsp3) is 0.577. The van der Waals surface area contributed by atoms with Gasteiger partial charge in [-0.15, -0.1) is 0 Å². The standard InChI is InChI=1S/C26H32ClF2N5O3/c27-19-1-2-22(31-14-20-13-30-17-37-20)18(11-19)16-33-7-9-34(10-8-33)23(35)15-32-24(36)21-12-25(21)3-5-26(28,29)6-4-25/h1-2,11,13,17,21,31H,3-10,12,14-16H2,(H,32,36)/i16D2. The molecule has 3 fully saturated rings. The van der Waals surface area contributed by atoms with Gasteiger partial charge >= 0.3 is 0 Å². The summed E-state index contributed by atoms with van der Waals surface area (Å²) < 4.78 is 50.0. The van der Waals surface area contributed by atoms with E-state index in [2.05, 4.69) is 15.6 Å². The highest BCUT2D eigenvalue weighted by Crippen LogP contribution is 2.63. The van der Waals surface area contributed by atoms with Gasteiger partial charge in [0, 0.05) is 64.9 Å². The zero-order valence-corrected chi connectivity index (χ0v) is 21.2. The molecule has 2 aromatic rings. The number of alkyl halides is 2. The van der Waals surface area contributed by atoms with Crippen LogP contribution in [0.25, 0.3) is 0 Å². The number of hydrogen-bond donors (Lipinski definition) is 2. The lowest BCUT2D eigenvalue weighted by molar-refractivity contribution is -0.135. The van der Waals surface area contributed by atoms with Gasteiger partial charge < -0.3 is 20.0 Å². The number of anilines is 1. The molecule has 3 aliphatic rings. The second-order valence-corrected chi connectivity index (χ2v) is 10.6. The molecule has 2 aliphatic carbocycles. The Bertz CT molecular complexity index is 1200. The van der Waals surface area contributed by atoms with E-state index in [1.807, 2.05) is 0 Å². The maximum absolute atomic E-state index is 13.5. The molecule has 1 aromatic carbocycles. The number of benzene rings is 1. The van der Waals surface area contributed by atoms with Gasteiger partial charge in [-0.1, -0.05) is 11.6 Å². The molecule has 8 nitrogen and oxygen atoms in total. The van der Waals surface area contributed by atoms with E-state index < -0.39 is 12.4 Å². The minimum atomic E-state index is -2.63. The van der Waals surface area contributed by atoms with Crippen molar-refractivity contribution in [2.45, 2.75) is 51.1 Å². The summed E-state index contributed by atoms with van der Waals surface area (Å²) in [6, 6.07) is 4.99. The van der Waals surface area contributed by atoms with Crippen molar-refractivity contribution in [3.05, 3.63) is 47.1 Å². The largest absolute Gasteiger partial charge is 0.447 e. The molecule has 1 aliphatic heterocycles. The lowest BCUT2D eigenvalue weighted by Gasteiger charge is -2.35. The third-order valence-corrected chi connectivity index (χ3v) is 7.96. The SMILES string of the molecule is [2H]C([2H])(c1cc(Cl)ccc1NCc1cnco1)N1CCN(C(=O)CNC(=O)C2CC23CCC(F)(F)CC3)CC1. The normalized spacial score (nSPS) is 23.8. The molecule has 0 radical (unpaired) electrons. The minimum absolute atomic E-state index is 0.154. The molecule has 1 aromatic heterocycles. The van der Waals surface area contributed by atoms with Crippen LogP contribution >= 0.6 is 11.6 Å². The van der Waals surface area contributed by atoms with Gasteiger partial charge in [-0.3, -0.25) is 14.5 Å². The van der Waals surface area contributed by atoms with Crippen LogP contribution in [0.1, 0.15) is 46.2 Å². The third-order valence-electron chi connectivity index (χ3n) is 7.73. The molecule has 2 saturated carbocycles. The Morgan fingerprint density at radius 1 is 1.19 bits per heavy atom. The molecule has 1 saturated heterocycles. The van der Waals surface area contributed by atoms with Crippen molar-refractivity contribution in [3.8, 4) is 0 Å². The average molecular weight is 538 g/mol. The highest BCUT2D eigenvalue weighted by Gasteiger charge is 2.60. The monoisotopic (exact) mass is 537 g/mol. The summed E-state index contributed by atoms with van der Waals surface area (Å²) in [4.78, 5) is 32.5. The maximum Gasteiger partial charge on any atom is 0.248 e. The van der Waals surface area contributed by atoms with E-state index in [4.69, 9.17) is 18.8 Å². The number of piperazine rings is 1. The van der Waals surface area contributed by atoms with Crippen molar-refractivity contribution in [2.75, 3.05) is 38.0 Å². The van der Waals surface area contributed by atoms with Crippen LogP contribution in [0.3, 0.4) is 0 Å². The van der Waals surface area contributed by atoms with Crippen molar-refractivity contribution in [1.82, 2.24) is 20.1 Å². The summed E-state index contributed by atoms with van der Waals surface area (Å²) in [6.45, 7) is -0.502. The van der Waals surface area contributed by atoms with Crippen molar-refractivity contribution in [1.29, 1.82) is 0 Å². The fourth-order valence-corrected chi connectivity index (χ4v) is 5.47. The topological polar surface area (TPSA) is 90.7 Å². The molecule has 2 amide bonds. The number of halogens is 3. The predicted molar refractivity (Wildman–Crippen MR) is 134 cm³/mol. The first kappa shape index (κ1) is 23.4. The van der Waals surface area contributed by atoms with Crippen molar-refractivity contribution >= 4 is 29.1 Å². The van der Waals surface area contributed by atoms with Gasteiger partial charge in [0.05, 0.1) is 19.3 Å². The molecule has 5 rings (SSSR count). The van der Waals surface area contributed by atoms with Gasteiger partial charge in [0.15, 0.2) is 6.39 Å². The molecule has 200 valence electrons. The number of aromatic nitrogens is 1. The lowest BCUT2D eigenvalue weighted by atomic mass is 9.82. The zero-order chi connectivity index (χ0) is 27.8. The maximum atomic E-state index is 13.5. The molecule has 2 heterocycles. The van der Waals surface area contributed by atoms with Gasteiger partial charge in [-0.05, 0) is 48.4 Å². The Morgan fingerprint density at radius 3 is 2.65 bits per heavy atom. The number of carbonyl (C=O) groups excluding carboxylic acids is 2. The van der Waals surface area contributed by atoms with Crippen molar-refractivity contribution in [2.24, 2.45) is 11.3 Å². The van der Waals surface area contributed by atoms with E-state index in [9.17, 15) is 18.4 Å². The summed E-state index contributed by atoms with van der Waals surface area (Å²) >= 11 is 6.21. The van der Waals surface area contributed by atoms with Crippen LogP contribution in [0, 0.1) is 11.3 Å². The molecule has 1 unspecified atom stereocenters. The number of amides is 2. The first-order valence-electron chi connectivity index (χ1n) is 13.6. The number of nitrogens with one attached hydrogen (secondary N) is 2. The zero-order valence-electron chi connectivity index (χ0n) is 22.4. The van der Waals surface area contributed by atoms with E-state index in [0.717, 1.165) is 0 Å². The highest BCUT2D eigenvalue weighted by molar-refractivity contribution is 6.30. The average Bonchev–Trinajstić information content (AvgIpc) is 3.37. The molecule has 0 bridgehead atoms. The smallest absolute Gasteiger partial charge is 0.248 e. The summed E-state index contributed by atoms with van der Waals surface area (Å²) in [5.74, 6) is -2.81. The van der Waals surface area contributed by atoms with Crippen LogP contribution in [-0.2, 0) is 22.6 Å². The Balaban J connectivity index is 1.12. The quantitative estimate of drug-likeness (QED) is 0.530. The summed E-state index contributed by atoms with van der Waals surface area (Å²) in [5, 5.41) is 6.29. The van der Waals surface area contributed by atoms with Gasteiger partial charge in [0.25, 0.3) is 0 Å². The van der Waals surface area contributed by atoms with E-state index in [1.54, 1.807) is 34.2 Å². The van der Waals surface area contributed by atoms with Crippen molar-refractivity contribution < 1.29 is 25.5 Å².